The number of benzene rings is 1. The number of carbonyl (C=O) groups excluding carboxylic acids is 2. The van der Waals surface area contributed by atoms with E-state index in [-0.39, 0.29) is 24.5 Å². The van der Waals surface area contributed by atoms with Gasteiger partial charge in [-0.1, -0.05) is 30.3 Å². The zero-order valence-electron chi connectivity index (χ0n) is 15.7. The molecule has 146 valence electrons. The summed E-state index contributed by atoms with van der Waals surface area (Å²) in [6.07, 6.45) is 2.50. The van der Waals surface area contributed by atoms with Crippen molar-refractivity contribution >= 4 is 17.9 Å². The first-order chi connectivity index (χ1) is 12.9. The van der Waals surface area contributed by atoms with Crippen LogP contribution in [-0.2, 0) is 16.0 Å². The number of nitrogens with one attached hydrogen (secondary N) is 1. The number of hydrogen-bond donors (Lipinski definition) is 2. The first-order valence-electron chi connectivity index (χ1n) is 9.48. The van der Waals surface area contributed by atoms with Crippen LogP contribution in [0.1, 0.15) is 31.7 Å². The third-order valence-electron chi connectivity index (χ3n) is 5.58. The normalized spacial score (nSPS) is 25.3. The van der Waals surface area contributed by atoms with Gasteiger partial charge in [-0.05, 0) is 31.7 Å². The van der Waals surface area contributed by atoms with E-state index in [1.807, 2.05) is 35.2 Å². The third kappa shape index (κ3) is 4.59. The maximum atomic E-state index is 12.6. The Morgan fingerprint density at radius 1 is 1.19 bits per heavy atom. The summed E-state index contributed by atoms with van der Waals surface area (Å²) in [5.74, 6) is -0.798. The van der Waals surface area contributed by atoms with Crippen LogP contribution in [-0.4, -0.2) is 65.0 Å². The van der Waals surface area contributed by atoms with Crippen LogP contribution in [0.4, 0.5) is 4.79 Å². The van der Waals surface area contributed by atoms with Gasteiger partial charge < -0.3 is 20.2 Å². The van der Waals surface area contributed by atoms with Crippen molar-refractivity contribution in [2.75, 3.05) is 26.2 Å². The predicted molar refractivity (Wildman–Crippen MR) is 100 cm³/mol. The fourth-order valence-electron chi connectivity index (χ4n) is 3.78. The molecule has 0 radical (unpaired) electrons. The van der Waals surface area contributed by atoms with Gasteiger partial charge in [-0.2, -0.15) is 0 Å². The minimum absolute atomic E-state index is 0.0692. The summed E-state index contributed by atoms with van der Waals surface area (Å²) in [5.41, 5.74) is 0.111. The van der Waals surface area contributed by atoms with E-state index in [2.05, 4.69) is 5.32 Å². The predicted octanol–water partition coefficient (Wildman–Crippen LogP) is 1.73. The summed E-state index contributed by atoms with van der Waals surface area (Å²) in [7, 11) is 0. The Balaban J connectivity index is 1.52. The molecule has 0 saturated carbocycles. The summed E-state index contributed by atoms with van der Waals surface area (Å²) in [4.78, 5) is 39.8. The fraction of sp³-hybridized carbons (Fsp3) is 0.550. The van der Waals surface area contributed by atoms with Crippen molar-refractivity contribution in [1.29, 1.82) is 0 Å². The second-order valence-corrected chi connectivity index (χ2v) is 7.83. The molecule has 2 heterocycles. The molecule has 2 aliphatic heterocycles. The third-order valence-corrected chi connectivity index (χ3v) is 5.58. The summed E-state index contributed by atoms with van der Waals surface area (Å²) in [6.45, 7) is 3.54. The van der Waals surface area contributed by atoms with Crippen molar-refractivity contribution in [3.63, 3.8) is 0 Å². The molecule has 2 atom stereocenters. The Kier molecular flexibility index (Phi) is 5.68. The van der Waals surface area contributed by atoms with Crippen LogP contribution in [0.25, 0.3) is 0 Å². The Morgan fingerprint density at radius 2 is 1.93 bits per heavy atom. The van der Waals surface area contributed by atoms with Crippen LogP contribution in [0.3, 0.4) is 0 Å². The number of nitrogens with zero attached hydrogens (tertiary/aromatic N) is 2. The van der Waals surface area contributed by atoms with Crippen LogP contribution >= 0.6 is 0 Å². The minimum Gasteiger partial charge on any atom is -0.481 e. The molecule has 7 nitrogen and oxygen atoms in total. The highest BCUT2D eigenvalue weighted by molar-refractivity contribution is 5.80. The summed E-state index contributed by atoms with van der Waals surface area (Å²) < 4.78 is 0. The molecule has 0 aromatic heterocycles. The van der Waals surface area contributed by atoms with Gasteiger partial charge in [0.05, 0.1) is 11.8 Å². The average molecular weight is 373 g/mol. The molecule has 7 heteroatoms. The molecule has 2 fully saturated rings. The number of hydrogen-bond acceptors (Lipinski definition) is 3. The van der Waals surface area contributed by atoms with Crippen LogP contribution in [0.2, 0.25) is 0 Å². The maximum Gasteiger partial charge on any atom is 0.317 e. The lowest BCUT2D eigenvalue weighted by Gasteiger charge is -2.34. The molecule has 0 spiro atoms. The van der Waals surface area contributed by atoms with Gasteiger partial charge in [0, 0.05) is 32.2 Å². The number of carboxylic acid groups (broad SMARTS) is 1. The molecule has 2 saturated heterocycles. The highest BCUT2D eigenvalue weighted by Crippen LogP contribution is 2.30. The largest absolute Gasteiger partial charge is 0.481 e. The smallest absolute Gasteiger partial charge is 0.317 e. The molecular weight excluding hydrogens is 346 g/mol. The number of carboxylic acids is 1. The monoisotopic (exact) mass is 373 g/mol. The van der Waals surface area contributed by atoms with Crippen LogP contribution in [0, 0.1) is 5.41 Å². The van der Waals surface area contributed by atoms with Gasteiger partial charge in [0.1, 0.15) is 0 Å². The van der Waals surface area contributed by atoms with Crippen molar-refractivity contribution in [1.82, 2.24) is 15.1 Å². The van der Waals surface area contributed by atoms with Crippen LogP contribution in [0.5, 0.6) is 0 Å². The molecule has 27 heavy (non-hydrogen) atoms. The van der Waals surface area contributed by atoms with E-state index in [9.17, 15) is 19.5 Å². The van der Waals surface area contributed by atoms with E-state index >= 15 is 0 Å². The van der Waals surface area contributed by atoms with Gasteiger partial charge in [0.2, 0.25) is 5.91 Å². The van der Waals surface area contributed by atoms with Crippen molar-refractivity contribution in [2.45, 2.75) is 38.6 Å². The van der Waals surface area contributed by atoms with E-state index < -0.39 is 11.4 Å². The van der Waals surface area contributed by atoms with Gasteiger partial charge in [0.15, 0.2) is 0 Å². The average Bonchev–Trinajstić information content (AvgIpc) is 3.07. The number of urea groups is 1. The van der Waals surface area contributed by atoms with Crippen molar-refractivity contribution in [3.05, 3.63) is 35.9 Å². The maximum absolute atomic E-state index is 12.6. The molecule has 2 aliphatic rings. The zero-order valence-corrected chi connectivity index (χ0v) is 15.7. The zero-order chi connectivity index (χ0) is 19.4. The first-order valence-corrected chi connectivity index (χ1v) is 9.48. The standard InChI is InChI=1S/C20H27N3O4/c1-20(18(25)26)9-11-23(14-20)19(27)21-16-8-5-10-22(13-16)17(24)12-15-6-3-2-4-7-15/h2-4,6-7,16H,5,8-14H2,1H3,(H,21,27)(H,25,26). The van der Waals surface area contributed by atoms with E-state index in [1.54, 1.807) is 11.8 Å². The molecule has 0 aliphatic carbocycles. The number of carbonyl (C=O) groups is 3. The lowest BCUT2D eigenvalue weighted by molar-refractivity contribution is -0.147. The summed E-state index contributed by atoms with van der Waals surface area (Å²) in [5, 5.41) is 12.3. The second kappa shape index (κ2) is 7.98. The molecule has 2 unspecified atom stereocenters. The minimum atomic E-state index is -0.873. The highest BCUT2D eigenvalue weighted by atomic mass is 16.4. The molecule has 2 N–H and O–H groups in total. The number of likely N-dealkylation sites (tertiary alicyclic amines) is 2. The number of amides is 3. The van der Waals surface area contributed by atoms with Gasteiger partial charge in [-0.3, -0.25) is 9.59 Å². The topological polar surface area (TPSA) is 89.9 Å². The molecule has 0 bridgehead atoms. The Labute approximate surface area is 159 Å². The van der Waals surface area contributed by atoms with Gasteiger partial charge in [0.25, 0.3) is 0 Å². The van der Waals surface area contributed by atoms with Crippen molar-refractivity contribution in [3.8, 4) is 0 Å². The van der Waals surface area contributed by atoms with Gasteiger partial charge in [-0.15, -0.1) is 0 Å². The molecule has 1 aromatic carbocycles. The summed E-state index contributed by atoms with van der Waals surface area (Å²) >= 11 is 0. The number of rotatable bonds is 4. The van der Waals surface area contributed by atoms with Gasteiger partial charge in [-0.25, -0.2) is 4.79 Å². The highest BCUT2D eigenvalue weighted by Gasteiger charge is 2.42. The van der Waals surface area contributed by atoms with Crippen LogP contribution < -0.4 is 5.32 Å². The lowest BCUT2D eigenvalue weighted by Crippen LogP contribution is -2.53. The van der Waals surface area contributed by atoms with Crippen molar-refractivity contribution < 1.29 is 19.5 Å². The Bertz CT molecular complexity index is 708. The van der Waals surface area contributed by atoms with E-state index in [0.29, 0.717) is 32.5 Å². The van der Waals surface area contributed by atoms with Crippen LogP contribution in [0.15, 0.2) is 30.3 Å². The molecule has 1 aromatic rings. The van der Waals surface area contributed by atoms with Crippen molar-refractivity contribution in [2.24, 2.45) is 5.41 Å². The van der Waals surface area contributed by atoms with E-state index in [1.165, 1.54) is 0 Å². The lowest BCUT2D eigenvalue weighted by atomic mass is 9.90. The Hall–Kier alpha value is -2.57. The SMILES string of the molecule is CC1(C(=O)O)CCN(C(=O)NC2CCCN(C(=O)Cc3ccccc3)C2)C1. The first kappa shape index (κ1) is 19.2. The quantitative estimate of drug-likeness (QED) is 0.841. The fourth-order valence-corrected chi connectivity index (χ4v) is 3.78. The molecule has 3 amide bonds. The van der Waals surface area contributed by atoms with Gasteiger partial charge >= 0.3 is 12.0 Å². The Morgan fingerprint density at radius 3 is 2.59 bits per heavy atom. The van der Waals surface area contributed by atoms with E-state index in [4.69, 9.17) is 0 Å². The number of piperidine rings is 1. The molecule has 3 rings (SSSR count). The molecular formula is C20H27N3O4. The van der Waals surface area contributed by atoms with E-state index in [0.717, 1.165) is 18.4 Å². The number of aliphatic carboxylic acids is 1. The second-order valence-electron chi connectivity index (χ2n) is 7.83. The summed E-state index contributed by atoms with van der Waals surface area (Å²) in [6, 6.07) is 9.31.